The second-order valence-corrected chi connectivity index (χ2v) is 6.04. The summed E-state index contributed by atoms with van der Waals surface area (Å²) in [6.45, 7) is 12.4. The van der Waals surface area contributed by atoms with E-state index in [2.05, 4.69) is 13.2 Å². The summed E-state index contributed by atoms with van der Waals surface area (Å²) in [6, 6.07) is 0. The van der Waals surface area contributed by atoms with E-state index in [1.807, 2.05) is 42.0 Å². The third-order valence-electron chi connectivity index (χ3n) is 2.40. The van der Waals surface area contributed by atoms with Crippen molar-refractivity contribution in [2.24, 2.45) is 0 Å². The molecule has 0 spiro atoms. The molecule has 0 fully saturated rings. The van der Waals surface area contributed by atoms with E-state index in [0.29, 0.717) is 22.2 Å². The quantitative estimate of drug-likeness (QED) is 0.278. The first kappa shape index (κ1) is 34.5. The van der Waals surface area contributed by atoms with Crippen LogP contribution in [0, 0.1) is 14.9 Å². The molecule has 0 aromatic heterocycles. The van der Waals surface area contributed by atoms with Crippen molar-refractivity contribution in [2.75, 3.05) is 41.7 Å². The molecule has 24 heavy (non-hydrogen) atoms. The van der Waals surface area contributed by atoms with Gasteiger partial charge in [0.2, 0.25) is 13.5 Å². The molecule has 139 valence electrons. The van der Waals surface area contributed by atoms with Crippen LogP contribution in [0.15, 0.2) is 24.7 Å². The van der Waals surface area contributed by atoms with Crippen LogP contribution in [0.4, 0.5) is 0 Å². The van der Waals surface area contributed by atoms with Gasteiger partial charge in [0, 0.05) is 12.8 Å². The molecule has 0 saturated carbocycles. The number of ether oxygens (including phenoxy) is 2. The molecule has 4 nitrogen and oxygen atoms in total. The lowest BCUT2D eigenvalue weighted by molar-refractivity contribution is -0.799. The SMILES string of the molecule is C.[B][B][N+](C)(C)COC(=C)CC.[B][N+](C)(C)COC(=C)CC.[CH3-].[CH3-]. The lowest BCUT2D eigenvalue weighted by Gasteiger charge is -2.28. The maximum absolute atomic E-state index is 5.61. The van der Waals surface area contributed by atoms with Crippen LogP contribution < -0.4 is 0 Å². The van der Waals surface area contributed by atoms with Crippen molar-refractivity contribution in [1.82, 2.24) is 0 Å². The highest BCUT2D eigenvalue weighted by Gasteiger charge is 2.13. The molecule has 7 heteroatoms. The molecule has 0 unspecified atom stereocenters. The van der Waals surface area contributed by atoms with Crippen LogP contribution in [0.3, 0.4) is 0 Å². The fraction of sp³-hybridized carbons (Fsp3) is 0.647. The molecule has 0 aromatic rings. The van der Waals surface area contributed by atoms with Crippen LogP contribution in [-0.4, -0.2) is 73.5 Å². The van der Waals surface area contributed by atoms with E-state index in [-0.39, 0.29) is 22.3 Å². The number of nitrogens with zero attached hydrogens (tertiary/aromatic N) is 2. The largest absolute Gasteiger partial charge is 0.483 e. The average molecular weight is 337 g/mol. The molecule has 0 bridgehead atoms. The summed E-state index contributed by atoms with van der Waals surface area (Å²) in [4.78, 5) is 0. The standard InChI is InChI=1S/C7H15B2NO.C7H15BNO.CH4.2CH3/c1-5-7(2)11-6-10(3,4)9-8;1-5-7(2)10-6-9(3,4)8;;;/h2,5-6H2,1,3-4H3;2,5-6H2,1,3-4H3;1H4;2*1H3/q2*+1;;2*-1. The van der Waals surface area contributed by atoms with Crippen molar-refractivity contribution in [3.05, 3.63) is 39.5 Å². The third-order valence-corrected chi connectivity index (χ3v) is 2.40. The Morgan fingerprint density at radius 3 is 1.50 bits per heavy atom. The maximum atomic E-state index is 5.61. The minimum Gasteiger partial charge on any atom is -0.452 e. The predicted octanol–water partition coefficient (Wildman–Crippen LogP) is 3.24. The zero-order valence-corrected chi connectivity index (χ0v) is 16.7. The molecule has 0 amide bonds. The van der Waals surface area contributed by atoms with Gasteiger partial charge in [-0.3, -0.25) is 0 Å². The van der Waals surface area contributed by atoms with Crippen molar-refractivity contribution < 1.29 is 18.3 Å². The predicted molar refractivity (Wildman–Crippen MR) is 112 cm³/mol. The minimum atomic E-state index is 0. The molecule has 0 atom stereocenters. The smallest absolute Gasteiger partial charge is 0.452 e. The molecular formula is C17H40B3N2O2. The summed E-state index contributed by atoms with van der Waals surface area (Å²) in [5.74, 6) is 1.59. The molecule has 0 aliphatic rings. The summed E-state index contributed by atoms with van der Waals surface area (Å²) in [5, 5.41) is 0. The topological polar surface area (TPSA) is 18.5 Å². The van der Waals surface area contributed by atoms with Crippen LogP contribution in [0.5, 0.6) is 0 Å². The van der Waals surface area contributed by atoms with Crippen molar-refractivity contribution in [3.63, 3.8) is 0 Å². The Bertz CT molecular complexity index is 317. The Kier molecular flexibility index (Phi) is 24.5. The Labute approximate surface area is 157 Å². The van der Waals surface area contributed by atoms with Crippen LogP contribution >= 0.6 is 0 Å². The number of quaternary nitrogens is 2. The monoisotopic (exact) mass is 337 g/mol. The highest BCUT2D eigenvalue weighted by molar-refractivity contribution is 6.84. The highest BCUT2D eigenvalue weighted by Crippen LogP contribution is 2.02. The molecule has 0 heterocycles. The van der Waals surface area contributed by atoms with Crippen molar-refractivity contribution in [3.8, 4) is 0 Å². The lowest BCUT2D eigenvalue weighted by atomic mass is 9.64. The fourth-order valence-electron chi connectivity index (χ4n) is 0.762. The van der Waals surface area contributed by atoms with E-state index < -0.39 is 0 Å². The Morgan fingerprint density at radius 1 is 0.917 bits per heavy atom. The van der Waals surface area contributed by atoms with Gasteiger partial charge >= 0.3 is 15.3 Å². The third kappa shape index (κ3) is 26.1. The minimum absolute atomic E-state index is 0. The van der Waals surface area contributed by atoms with Gasteiger partial charge in [0.05, 0.1) is 39.7 Å². The molecule has 0 rings (SSSR count). The zero-order valence-electron chi connectivity index (χ0n) is 16.7. The van der Waals surface area contributed by atoms with Crippen molar-refractivity contribution in [2.45, 2.75) is 34.1 Å². The van der Waals surface area contributed by atoms with Crippen LogP contribution in [0.1, 0.15) is 34.1 Å². The average Bonchev–Trinajstić information content (AvgIpc) is 2.42. The number of hydrogen-bond donors (Lipinski definition) is 0. The maximum Gasteiger partial charge on any atom is 0.483 e. The second kappa shape index (κ2) is 17.0. The fourth-order valence-corrected chi connectivity index (χ4v) is 0.762. The molecule has 0 N–H and O–H groups in total. The normalized spacial score (nSPS) is 9.58. The van der Waals surface area contributed by atoms with E-state index in [9.17, 15) is 0 Å². The first-order chi connectivity index (χ1) is 9.47. The van der Waals surface area contributed by atoms with Gasteiger partial charge in [-0.05, 0) is 0 Å². The summed E-state index contributed by atoms with van der Waals surface area (Å²) < 4.78 is 11.4. The van der Waals surface area contributed by atoms with Gasteiger partial charge in [0.15, 0.2) is 0 Å². The molecule has 0 aliphatic heterocycles. The van der Waals surface area contributed by atoms with E-state index >= 15 is 0 Å². The lowest BCUT2D eigenvalue weighted by Crippen LogP contribution is -2.45. The van der Waals surface area contributed by atoms with Gasteiger partial charge in [-0.2, -0.15) is 0 Å². The van der Waals surface area contributed by atoms with Gasteiger partial charge in [0.25, 0.3) is 0 Å². The van der Waals surface area contributed by atoms with Gasteiger partial charge in [-0.25, -0.2) is 0 Å². The van der Waals surface area contributed by atoms with Gasteiger partial charge in [-0.1, -0.05) is 34.4 Å². The molecular weight excluding hydrogens is 297 g/mol. The summed E-state index contributed by atoms with van der Waals surface area (Å²) in [7, 11) is 20.2. The van der Waals surface area contributed by atoms with E-state index in [0.717, 1.165) is 24.4 Å². The van der Waals surface area contributed by atoms with Gasteiger partial charge in [0.1, 0.15) is 7.74 Å². The Hall–Kier alpha value is -0.805. The Morgan fingerprint density at radius 2 is 1.25 bits per heavy atom. The summed E-state index contributed by atoms with van der Waals surface area (Å²) in [6.07, 6.45) is 1.70. The number of allylic oxidation sites excluding steroid dienone is 2. The molecule has 0 saturated heterocycles. The van der Waals surface area contributed by atoms with Crippen LogP contribution in [0.2, 0.25) is 0 Å². The van der Waals surface area contributed by atoms with Gasteiger partial charge in [-0.15, -0.1) is 0 Å². The number of rotatable bonds is 9. The summed E-state index contributed by atoms with van der Waals surface area (Å²) >= 11 is 0. The van der Waals surface area contributed by atoms with Crippen LogP contribution in [-0.2, 0) is 9.47 Å². The Balaban J connectivity index is -0.0000000894. The first-order valence-electron chi connectivity index (χ1n) is 7.09. The second-order valence-electron chi connectivity index (χ2n) is 6.04. The highest BCUT2D eigenvalue weighted by atomic mass is 16.5. The van der Waals surface area contributed by atoms with E-state index in [1.54, 1.807) is 7.31 Å². The number of hydrogen-bond acceptors (Lipinski definition) is 2. The summed E-state index contributed by atoms with van der Waals surface area (Å²) in [5.41, 5.74) is 0. The van der Waals surface area contributed by atoms with Crippen molar-refractivity contribution >= 4 is 23.0 Å². The van der Waals surface area contributed by atoms with Gasteiger partial charge < -0.3 is 33.1 Å². The molecule has 0 aromatic carbocycles. The van der Waals surface area contributed by atoms with E-state index in [1.165, 1.54) is 0 Å². The molecule has 0 aliphatic carbocycles. The van der Waals surface area contributed by atoms with Crippen molar-refractivity contribution in [1.29, 1.82) is 0 Å². The zero-order chi connectivity index (χ0) is 17.1. The first-order valence-corrected chi connectivity index (χ1v) is 7.09. The molecule has 5 radical (unpaired) electrons. The van der Waals surface area contributed by atoms with E-state index in [4.69, 9.17) is 25.2 Å². The van der Waals surface area contributed by atoms with Crippen LogP contribution in [0.25, 0.3) is 0 Å².